The van der Waals surface area contributed by atoms with Gasteiger partial charge in [-0.15, -0.1) is 0 Å². The van der Waals surface area contributed by atoms with Crippen molar-refractivity contribution < 1.29 is 14.3 Å². The molecule has 1 amide bonds. The first-order valence-electron chi connectivity index (χ1n) is 8.70. The quantitative estimate of drug-likeness (QED) is 0.583. The van der Waals surface area contributed by atoms with Crippen LogP contribution in [0.2, 0.25) is 0 Å². The maximum Gasteiger partial charge on any atom is 0.271 e. The van der Waals surface area contributed by atoms with Crippen LogP contribution in [0, 0.1) is 5.82 Å². The summed E-state index contributed by atoms with van der Waals surface area (Å²) < 4.78 is 13.4. The Balaban J connectivity index is 2.15. The molecule has 0 saturated heterocycles. The summed E-state index contributed by atoms with van der Waals surface area (Å²) >= 11 is 0. The number of phenols is 1. The zero-order valence-corrected chi connectivity index (χ0v) is 15.3. The van der Waals surface area contributed by atoms with Crippen LogP contribution in [0.3, 0.4) is 0 Å². The van der Waals surface area contributed by atoms with E-state index in [1.807, 2.05) is 19.1 Å². The van der Waals surface area contributed by atoms with E-state index >= 15 is 0 Å². The minimum atomic E-state index is -0.475. The lowest BCUT2D eigenvalue weighted by Gasteiger charge is -2.20. The highest BCUT2D eigenvalue weighted by atomic mass is 19.1. The molecule has 0 heterocycles. The molecule has 0 bridgehead atoms. The van der Waals surface area contributed by atoms with Crippen molar-refractivity contribution >= 4 is 17.3 Å². The third-order valence-electron chi connectivity index (χ3n) is 4.15. The molecule has 5 nitrogen and oxygen atoms in total. The van der Waals surface area contributed by atoms with E-state index in [2.05, 4.69) is 29.3 Å². The van der Waals surface area contributed by atoms with Crippen molar-refractivity contribution in [3.05, 3.63) is 59.4 Å². The molecule has 0 saturated carbocycles. The average Bonchev–Trinajstić information content (AvgIpc) is 2.66. The van der Waals surface area contributed by atoms with Crippen molar-refractivity contribution in [2.75, 3.05) is 18.0 Å². The molecule has 26 heavy (non-hydrogen) atoms. The lowest BCUT2D eigenvalue weighted by Crippen LogP contribution is -2.22. The summed E-state index contributed by atoms with van der Waals surface area (Å²) in [6, 6.07) is 10.9. The van der Waals surface area contributed by atoms with Gasteiger partial charge in [-0.3, -0.25) is 4.79 Å². The number of carbonyl (C=O) groups excluding carboxylic acids is 1. The van der Waals surface area contributed by atoms with E-state index in [0.717, 1.165) is 18.8 Å². The lowest BCUT2D eigenvalue weighted by atomic mass is 10.1. The van der Waals surface area contributed by atoms with Gasteiger partial charge in [-0.2, -0.15) is 5.10 Å². The molecule has 0 fully saturated rings. The van der Waals surface area contributed by atoms with Gasteiger partial charge in [0.05, 0.1) is 5.71 Å². The number of aromatic hydroxyl groups is 1. The van der Waals surface area contributed by atoms with Crippen LogP contribution in [0.25, 0.3) is 0 Å². The van der Waals surface area contributed by atoms with Gasteiger partial charge < -0.3 is 10.0 Å². The maximum absolute atomic E-state index is 13.4. The number of phenolic OH excluding ortho intramolecular Hbond substituents is 1. The Labute approximate surface area is 153 Å². The predicted molar refractivity (Wildman–Crippen MR) is 102 cm³/mol. The molecule has 2 rings (SSSR count). The monoisotopic (exact) mass is 357 g/mol. The molecule has 0 atom stereocenters. The van der Waals surface area contributed by atoms with E-state index < -0.39 is 5.82 Å². The fraction of sp³-hybridized carbons (Fsp3) is 0.300. The Morgan fingerprint density at radius 1 is 1.12 bits per heavy atom. The number of nitrogens with one attached hydrogen (secondary N) is 1. The second-order valence-electron chi connectivity index (χ2n) is 5.73. The molecule has 0 aliphatic heterocycles. The van der Waals surface area contributed by atoms with Gasteiger partial charge in [0.25, 0.3) is 5.91 Å². The van der Waals surface area contributed by atoms with E-state index in [1.54, 1.807) is 12.1 Å². The summed E-state index contributed by atoms with van der Waals surface area (Å²) in [5, 5.41) is 13.9. The van der Waals surface area contributed by atoms with Crippen molar-refractivity contribution in [3.8, 4) is 5.75 Å². The highest BCUT2D eigenvalue weighted by Crippen LogP contribution is 2.20. The molecule has 0 spiro atoms. The molecular formula is C20H24FN3O2. The summed E-state index contributed by atoms with van der Waals surface area (Å²) in [5.74, 6) is -0.917. The number of amides is 1. The number of rotatable bonds is 7. The van der Waals surface area contributed by atoms with Gasteiger partial charge >= 0.3 is 0 Å². The molecule has 0 unspecified atom stereocenters. The van der Waals surface area contributed by atoms with Crippen molar-refractivity contribution in [1.82, 2.24) is 5.43 Å². The number of hydrogen-bond donors (Lipinski definition) is 2. The molecule has 6 heteroatoms. The smallest absolute Gasteiger partial charge is 0.271 e. The van der Waals surface area contributed by atoms with Gasteiger partial charge in [0, 0.05) is 29.9 Å². The Kier molecular flexibility index (Phi) is 6.72. The highest BCUT2D eigenvalue weighted by molar-refractivity contribution is 6.04. The van der Waals surface area contributed by atoms with Gasteiger partial charge in [-0.05, 0) is 62.7 Å². The van der Waals surface area contributed by atoms with Gasteiger partial charge in [0.1, 0.15) is 11.6 Å². The molecule has 0 radical (unpaired) electrons. The van der Waals surface area contributed by atoms with Crippen LogP contribution in [0.1, 0.15) is 43.1 Å². The van der Waals surface area contributed by atoms with Crippen LogP contribution >= 0.6 is 0 Å². The second kappa shape index (κ2) is 8.99. The van der Waals surface area contributed by atoms with Crippen molar-refractivity contribution in [3.63, 3.8) is 0 Å². The van der Waals surface area contributed by atoms with Gasteiger partial charge in [0.2, 0.25) is 0 Å². The normalized spacial score (nSPS) is 11.3. The summed E-state index contributed by atoms with van der Waals surface area (Å²) in [5.41, 5.74) is 4.67. The van der Waals surface area contributed by atoms with Crippen LogP contribution in [-0.4, -0.2) is 29.8 Å². The number of anilines is 1. The lowest BCUT2D eigenvalue weighted by molar-refractivity contribution is 0.0955. The van der Waals surface area contributed by atoms with Crippen molar-refractivity contribution in [2.45, 2.75) is 27.2 Å². The topological polar surface area (TPSA) is 64.9 Å². The van der Waals surface area contributed by atoms with Crippen molar-refractivity contribution in [2.24, 2.45) is 5.10 Å². The molecule has 0 aliphatic rings. The molecule has 2 aromatic carbocycles. The van der Waals surface area contributed by atoms with E-state index in [1.165, 1.54) is 18.2 Å². The zero-order chi connectivity index (χ0) is 19.1. The van der Waals surface area contributed by atoms with Gasteiger partial charge in [-0.1, -0.05) is 6.92 Å². The van der Waals surface area contributed by atoms with E-state index in [9.17, 15) is 14.3 Å². The minimum Gasteiger partial charge on any atom is -0.507 e. The number of nitrogens with zero attached hydrogens (tertiary/aromatic N) is 2. The fourth-order valence-corrected chi connectivity index (χ4v) is 2.66. The first-order chi connectivity index (χ1) is 12.5. The van der Waals surface area contributed by atoms with Crippen LogP contribution in [0.15, 0.2) is 47.6 Å². The van der Waals surface area contributed by atoms with Crippen LogP contribution in [0.4, 0.5) is 10.1 Å². The third-order valence-corrected chi connectivity index (χ3v) is 4.15. The molecule has 0 aromatic heterocycles. The van der Waals surface area contributed by atoms with Gasteiger partial charge in [-0.25, -0.2) is 9.82 Å². The van der Waals surface area contributed by atoms with Crippen LogP contribution in [0.5, 0.6) is 5.75 Å². The standard InChI is InChI=1S/C20H24FN3O2/c1-4-18(17-13-15(21)9-12-19(17)25)22-23-20(26)14-7-10-16(11-8-14)24(5-2)6-3/h7-13,25H,4-6H2,1-3H3,(H,23,26)/b22-18+. The number of halogens is 1. The Morgan fingerprint density at radius 2 is 1.77 bits per heavy atom. The first-order valence-corrected chi connectivity index (χ1v) is 8.70. The Morgan fingerprint density at radius 3 is 2.35 bits per heavy atom. The Bertz CT molecular complexity index is 784. The second-order valence-corrected chi connectivity index (χ2v) is 5.73. The largest absolute Gasteiger partial charge is 0.507 e. The molecule has 2 N–H and O–H groups in total. The maximum atomic E-state index is 13.4. The third kappa shape index (κ3) is 4.59. The molecule has 138 valence electrons. The number of hydrogen-bond acceptors (Lipinski definition) is 4. The molecule has 2 aromatic rings. The number of hydrazone groups is 1. The Hall–Kier alpha value is -2.89. The highest BCUT2D eigenvalue weighted by Gasteiger charge is 2.11. The summed E-state index contributed by atoms with van der Waals surface area (Å²) in [6.45, 7) is 7.75. The SMILES string of the molecule is CC/C(=N\NC(=O)c1ccc(N(CC)CC)cc1)c1cc(F)ccc1O. The van der Waals surface area contributed by atoms with E-state index in [0.29, 0.717) is 17.7 Å². The number of benzene rings is 2. The van der Waals surface area contributed by atoms with E-state index in [4.69, 9.17) is 0 Å². The summed E-state index contributed by atoms with van der Waals surface area (Å²) in [6.07, 6.45) is 0.429. The summed E-state index contributed by atoms with van der Waals surface area (Å²) in [7, 11) is 0. The average molecular weight is 357 g/mol. The molecular weight excluding hydrogens is 333 g/mol. The minimum absolute atomic E-state index is 0.0789. The number of carbonyl (C=O) groups is 1. The fourth-order valence-electron chi connectivity index (χ4n) is 2.66. The zero-order valence-electron chi connectivity index (χ0n) is 15.3. The molecule has 0 aliphatic carbocycles. The summed E-state index contributed by atoms with van der Waals surface area (Å²) in [4.78, 5) is 14.5. The van der Waals surface area contributed by atoms with Crippen LogP contribution < -0.4 is 10.3 Å². The predicted octanol–water partition coefficient (Wildman–Crippen LogP) is 3.92. The van der Waals surface area contributed by atoms with Crippen LogP contribution in [-0.2, 0) is 0 Å². The van der Waals surface area contributed by atoms with E-state index in [-0.39, 0.29) is 17.2 Å². The van der Waals surface area contributed by atoms with Crippen molar-refractivity contribution in [1.29, 1.82) is 0 Å². The first kappa shape index (κ1) is 19.4. The van der Waals surface area contributed by atoms with Gasteiger partial charge in [0.15, 0.2) is 0 Å².